The van der Waals surface area contributed by atoms with Crippen molar-refractivity contribution in [2.45, 2.75) is 20.4 Å². The summed E-state index contributed by atoms with van der Waals surface area (Å²) < 4.78 is 1.12. The molecule has 0 amide bonds. The largest absolute Gasteiger partial charge is 0.477 e. The van der Waals surface area contributed by atoms with E-state index in [-0.39, 0.29) is 17.1 Å². The van der Waals surface area contributed by atoms with E-state index in [0.717, 1.165) is 4.57 Å². The minimum absolute atomic E-state index is 0.0440. The summed E-state index contributed by atoms with van der Waals surface area (Å²) >= 11 is 0. The molecule has 0 atom stereocenters. The van der Waals surface area contributed by atoms with Crippen molar-refractivity contribution in [3.05, 3.63) is 21.7 Å². The molecule has 76 valence electrons. The summed E-state index contributed by atoms with van der Waals surface area (Å²) in [6.45, 7) is 3.44. The van der Waals surface area contributed by atoms with Gasteiger partial charge in [0, 0.05) is 6.54 Å². The number of aromatic nitrogens is 2. The number of hydrogen-bond acceptors (Lipinski definition) is 4. The van der Waals surface area contributed by atoms with Gasteiger partial charge in [-0.3, -0.25) is 4.57 Å². The third-order valence-corrected chi connectivity index (χ3v) is 1.93. The highest BCUT2D eigenvalue weighted by Gasteiger charge is 2.16. The lowest BCUT2D eigenvalue weighted by atomic mass is 10.2. The van der Waals surface area contributed by atoms with Gasteiger partial charge in [-0.2, -0.15) is 4.98 Å². The third-order valence-electron chi connectivity index (χ3n) is 1.93. The maximum Gasteiger partial charge on any atom is 0.349 e. The van der Waals surface area contributed by atoms with Crippen LogP contribution in [0.3, 0.4) is 0 Å². The predicted octanol–water partition coefficient (Wildman–Crippen LogP) is -0.148. The molecule has 0 aliphatic heterocycles. The van der Waals surface area contributed by atoms with Gasteiger partial charge in [0.25, 0.3) is 0 Å². The van der Waals surface area contributed by atoms with E-state index in [0.29, 0.717) is 6.54 Å². The molecule has 0 bridgehead atoms. The van der Waals surface area contributed by atoms with Crippen molar-refractivity contribution in [3.8, 4) is 0 Å². The highest BCUT2D eigenvalue weighted by Crippen LogP contribution is 2.11. The first-order chi connectivity index (χ1) is 6.49. The maximum absolute atomic E-state index is 11.2. The van der Waals surface area contributed by atoms with E-state index in [1.54, 1.807) is 6.92 Å². The lowest BCUT2D eigenvalue weighted by molar-refractivity contribution is 0.0696. The number of anilines is 1. The SMILES string of the molecule is CCn1c(N)c(C(=O)O)c(C)nc1=O. The van der Waals surface area contributed by atoms with Crippen LogP contribution in [0.4, 0.5) is 5.82 Å². The Hall–Kier alpha value is -1.85. The first kappa shape index (κ1) is 10.2. The molecular weight excluding hydrogens is 186 g/mol. The molecule has 0 radical (unpaired) electrons. The van der Waals surface area contributed by atoms with Gasteiger partial charge in [0.2, 0.25) is 0 Å². The normalized spacial score (nSPS) is 10.1. The molecule has 0 aromatic carbocycles. The van der Waals surface area contributed by atoms with E-state index in [2.05, 4.69) is 4.98 Å². The van der Waals surface area contributed by atoms with Crippen LogP contribution in [-0.2, 0) is 6.54 Å². The fraction of sp³-hybridized carbons (Fsp3) is 0.375. The van der Waals surface area contributed by atoms with Crippen LogP contribution in [0, 0.1) is 6.92 Å². The minimum atomic E-state index is -1.17. The van der Waals surface area contributed by atoms with Gasteiger partial charge in [-0.1, -0.05) is 0 Å². The van der Waals surface area contributed by atoms with E-state index in [9.17, 15) is 9.59 Å². The Balaban J connectivity index is 3.60. The zero-order valence-electron chi connectivity index (χ0n) is 7.94. The minimum Gasteiger partial charge on any atom is -0.477 e. The van der Waals surface area contributed by atoms with Gasteiger partial charge < -0.3 is 10.8 Å². The van der Waals surface area contributed by atoms with Gasteiger partial charge in [0.15, 0.2) is 0 Å². The summed E-state index contributed by atoms with van der Waals surface area (Å²) in [7, 11) is 0. The number of hydrogen-bond donors (Lipinski definition) is 2. The molecule has 0 fully saturated rings. The zero-order valence-corrected chi connectivity index (χ0v) is 7.94. The van der Waals surface area contributed by atoms with E-state index in [1.807, 2.05) is 0 Å². The summed E-state index contributed by atoms with van der Waals surface area (Å²) in [5, 5.41) is 8.82. The van der Waals surface area contributed by atoms with Crippen molar-refractivity contribution >= 4 is 11.8 Å². The van der Waals surface area contributed by atoms with Crippen LogP contribution in [0.25, 0.3) is 0 Å². The van der Waals surface area contributed by atoms with E-state index in [4.69, 9.17) is 10.8 Å². The molecule has 1 heterocycles. The molecule has 0 unspecified atom stereocenters. The third kappa shape index (κ3) is 1.46. The second-order valence-electron chi connectivity index (χ2n) is 2.79. The van der Waals surface area contributed by atoms with Gasteiger partial charge in [-0.15, -0.1) is 0 Å². The van der Waals surface area contributed by atoms with E-state index < -0.39 is 11.7 Å². The van der Waals surface area contributed by atoms with Gasteiger partial charge in [0.05, 0.1) is 5.69 Å². The summed E-state index contributed by atoms with van der Waals surface area (Å²) in [4.78, 5) is 25.6. The summed E-state index contributed by atoms with van der Waals surface area (Å²) in [6, 6.07) is 0. The smallest absolute Gasteiger partial charge is 0.349 e. The molecule has 0 aliphatic carbocycles. The summed E-state index contributed by atoms with van der Waals surface area (Å²) in [6.07, 6.45) is 0. The average molecular weight is 197 g/mol. The summed E-state index contributed by atoms with van der Waals surface area (Å²) in [5.74, 6) is -1.22. The average Bonchev–Trinajstić information content (AvgIpc) is 2.02. The maximum atomic E-state index is 11.2. The molecule has 0 aliphatic rings. The summed E-state index contributed by atoms with van der Waals surface area (Å²) in [5.41, 5.74) is 5.06. The number of nitrogens with zero attached hydrogens (tertiary/aromatic N) is 2. The fourth-order valence-electron chi connectivity index (χ4n) is 1.25. The molecule has 3 N–H and O–H groups in total. The molecule has 1 aromatic rings. The molecule has 6 heteroatoms. The lowest BCUT2D eigenvalue weighted by Crippen LogP contribution is -2.28. The van der Waals surface area contributed by atoms with Crippen LogP contribution >= 0.6 is 0 Å². The van der Waals surface area contributed by atoms with Crippen molar-refractivity contribution in [1.82, 2.24) is 9.55 Å². The number of nitrogens with two attached hydrogens (primary N) is 1. The number of aromatic carboxylic acids is 1. The number of carboxylic acid groups (broad SMARTS) is 1. The van der Waals surface area contributed by atoms with Crippen molar-refractivity contribution < 1.29 is 9.90 Å². The Bertz CT molecular complexity index is 436. The standard InChI is InChI=1S/C8H11N3O3/c1-3-11-6(9)5(7(12)13)4(2)10-8(11)14/h3,9H2,1-2H3,(H,12,13). The van der Waals surface area contributed by atoms with Gasteiger partial charge >= 0.3 is 11.7 Å². The van der Waals surface area contributed by atoms with Crippen LogP contribution in [0.1, 0.15) is 23.0 Å². The first-order valence-corrected chi connectivity index (χ1v) is 4.09. The molecule has 1 rings (SSSR count). The Kier molecular flexibility index (Phi) is 2.55. The Morgan fingerprint density at radius 2 is 2.21 bits per heavy atom. The van der Waals surface area contributed by atoms with Gasteiger partial charge in [-0.05, 0) is 13.8 Å². The van der Waals surface area contributed by atoms with Crippen molar-refractivity contribution in [2.24, 2.45) is 0 Å². The lowest BCUT2D eigenvalue weighted by Gasteiger charge is -2.09. The Morgan fingerprint density at radius 3 is 2.64 bits per heavy atom. The highest BCUT2D eigenvalue weighted by atomic mass is 16.4. The topological polar surface area (TPSA) is 98.2 Å². The highest BCUT2D eigenvalue weighted by molar-refractivity contribution is 5.93. The molecule has 6 nitrogen and oxygen atoms in total. The first-order valence-electron chi connectivity index (χ1n) is 4.09. The van der Waals surface area contributed by atoms with E-state index in [1.165, 1.54) is 6.92 Å². The number of rotatable bonds is 2. The van der Waals surface area contributed by atoms with Crippen LogP contribution in [0.5, 0.6) is 0 Å². The molecule has 14 heavy (non-hydrogen) atoms. The van der Waals surface area contributed by atoms with Crippen molar-refractivity contribution in [2.75, 3.05) is 5.73 Å². The van der Waals surface area contributed by atoms with Gasteiger partial charge in [-0.25, -0.2) is 9.59 Å². The van der Waals surface area contributed by atoms with Crippen LogP contribution in [0.2, 0.25) is 0 Å². The van der Waals surface area contributed by atoms with Crippen LogP contribution in [0.15, 0.2) is 4.79 Å². The predicted molar refractivity (Wildman–Crippen MR) is 50.3 cm³/mol. The number of carbonyl (C=O) groups is 1. The number of carboxylic acids is 1. The molecule has 0 saturated carbocycles. The molecule has 0 saturated heterocycles. The van der Waals surface area contributed by atoms with Crippen molar-refractivity contribution in [1.29, 1.82) is 0 Å². The quantitative estimate of drug-likeness (QED) is 0.687. The second-order valence-corrected chi connectivity index (χ2v) is 2.79. The van der Waals surface area contributed by atoms with Gasteiger partial charge in [0.1, 0.15) is 11.4 Å². The zero-order chi connectivity index (χ0) is 10.9. The Morgan fingerprint density at radius 1 is 1.64 bits per heavy atom. The van der Waals surface area contributed by atoms with E-state index >= 15 is 0 Å². The fourth-order valence-corrected chi connectivity index (χ4v) is 1.25. The number of nitrogen functional groups attached to an aromatic ring is 1. The second kappa shape index (κ2) is 3.49. The molecule has 0 spiro atoms. The number of aryl methyl sites for hydroxylation is 1. The Labute approximate surface area is 80.0 Å². The molecule has 1 aromatic heterocycles. The van der Waals surface area contributed by atoms with Crippen molar-refractivity contribution in [3.63, 3.8) is 0 Å². The van der Waals surface area contributed by atoms with Crippen LogP contribution in [-0.4, -0.2) is 20.6 Å². The van der Waals surface area contributed by atoms with Crippen LogP contribution < -0.4 is 11.4 Å². The monoisotopic (exact) mass is 197 g/mol. The molecular formula is C8H11N3O3.